The zero-order valence-electron chi connectivity index (χ0n) is 19.2. The predicted molar refractivity (Wildman–Crippen MR) is 122 cm³/mol. The number of aromatic nitrogens is 2. The molecule has 0 aliphatic rings. The number of likely N-dealkylation sites (N-methyl/N-ethyl adjacent to an activating group) is 1. The first-order valence-electron chi connectivity index (χ1n) is 10.6. The van der Waals surface area contributed by atoms with E-state index in [1.807, 2.05) is 32.9 Å². The Morgan fingerprint density at radius 2 is 1.62 bits per heavy atom. The van der Waals surface area contributed by atoms with Gasteiger partial charge in [0.1, 0.15) is 5.82 Å². The van der Waals surface area contributed by atoms with Gasteiger partial charge >= 0.3 is 0 Å². The van der Waals surface area contributed by atoms with Gasteiger partial charge in [0.2, 0.25) is 5.91 Å². The molecule has 0 bridgehead atoms. The zero-order valence-corrected chi connectivity index (χ0v) is 19.2. The fraction of sp³-hybridized carbons (Fsp3) is 0.320. The minimum Gasteiger partial charge on any atom is -0.345 e. The average Bonchev–Trinajstić information content (AvgIpc) is 3.06. The van der Waals surface area contributed by atoms with Crippen molar-refractivity contribution in [2.75, 3.05) is 20.6 Å². The summed E-state index contributed by atoms with van der Waals surface area (Å²) in [6.45, 7) is 6.79. The summed E-state index contributed by atoms with van der Waals surface area (Å²) in [5.74, 6) is -0.349. The molecule has 0 aliphatic carbocycles. The molecule has 7 heteroatoms. The first-order valence-corrected chi connectivity index (χ1v) is 10.6. The van der Waals surface area contributed by atoms with Crippen LogP contribution in [-0.4, -0.2) is 52.0 Å². The third-order valence-corrected chi connectivity index (χ3v) is 5.56. The number of aryl methyl sites for hydroxylation is 1. The molecule has 0 atom stereocenters. The molecule has 0 N–H and O–H groups in total. The molecule has 0 fully saturated rings. The van der Waals surface area contributed by atoms with Gasteiger partial charge in [0.25, 0.3) is 5.91 Å². The fourth-order valence-corrected chi connectivity index (χ4v) is 3.64. The molecule has 0 saturated carbocycles. The van der Waals surface area contributed by atoms with Crippen molar-refractivity contribution in [1.29, 1.82) is 0 Å². The highest BCUT2D eigenvalue weighted by atomic mass is 19.1. The lowest BCUT2D eigenvalue weighted by molar-refractivity contribution is -0.130. The number of halogens is 1. The van der Waals surface area contributed by atoms with Crippen LogP contribution < -0.4 is 0 Å². The lowest BCUT2D eigenvalue weighted by Crippen LogP contribution is -2.32. The molecule has 3 rings (SSSR count). The first-order chi connectivity index (χ1) is 15.2. The van der Waals surface area contributed by atoms with E-state index < -0.39 is 0 Å². The third kappa shape index (κ3) is 5.04. The van der Waals surface area contributed by atoms with Gasteiger partial charge in [0.15, 0.2) is 0 Å². The van der Waals surface area contributed by atoms with E-state index >= 15 is 0 Å². The van der Waals surface area contributed by atoms with Crippen molar-refractivity contribution in [3.63, 3.8) is 0 Å². The van der Waals surface area contributed by atoms with E-state index in [1.165, 1.54) is 17.0 Å². The number of hydrogen-bond donors (Lipinski definition) is 0. The molecule has 0 unspecified atom stereocenters. The highest BCUT2D eigenvalue weighted by Gasteiger charge is 2.20. The van der Waals surface area contributed by atoms with Gasteiger partial charge in [0.05, 0.1) is 17.8 Å². The summed E-state index contributed by atoms with van der Waals surface area (Å²) in [6.07, 6.45) is 0.240. The van der Waals surface area contributed by atoms with Gasteiger partial charge in [-0.05, 0) is 62.7 Å². The van der Waals surface area contributed by atoms with Gasteiger partial charge in [-0.3, -0.25) is 9.59 Å². The van der Waals surface area contributed by atoms with Crippen LogP contribution in [0.4, 0.5) is 4.39 Å². The van der Waals surface area contributed by atoms with Crippen LogP contribution in [0, 0.1) is 19.7 Å². The van der Waals surface area contributed by atoms with Gasteiger partial charge in [-0.1, -0.05) is 12.1 Å². The minimum atomic E-state index is -0.302. The molecular weight excluding hydrogens is 407 g/mol. The Balaban J connectivity index is 1.74. The standard InChI is InChI=1S/C25H29FN4O2/c1-6-29(16-19-7-9-20(10-8-19)25(32)28(4)5)24(31)15-23-17(2)27-30(18(23)3)22-13-11-21(26)12-14-22/h7-14H,6,15-16H2,1-5H3. The second kappa shape index (κ2) is 9.77. The zero-order chi connectivity index (χ0) is 23.4. The van der Waals surface area contributed by atoms with Crippen molar-refractivity contribution in [3.05, 3.63) is 82.4 Å². The summed E-state index contributed by atoms with van der Waals surface area (Å²) >= 11 is 0. The lowest BCUT2D eigenvalue weighted by atomic mass is 10.1. The van der Waals surface area contributed by atoms with Gasteiger partial charge in [-0.15, -0.1) is 0 Å². The van der Waals surface area contributed by atoms with Crippen LogP contribution in [0.25, 0.3) is 5.69 Å². The average molecular weight is 437 g/mol. The van der Waals surface area contributed by atoms with Crippen molar-refractivity contribution >= 4 is 11.8 Å². The maximum absolute atomic E-state index is 13.3. The van der Waals surface area contributed by atoms with Gasteiger partial charge < -0.3 is 9.80 Å². The van der Waals surface area contributed by atoms with E-state index in [0.717, 1.165) is 28.2 Å². The Labute approximate surface area is 188 Å². The van der Waals surface area contributed by atoms with E-state index in [1.54, 1.807) is 47.9 Å². The fourth-order valence-electron chi connectivity index (χ4n) is 3.64. The van der Waals surface area contributed by atoms with Crippen molar-refractivity contribution in [2.45, 2.75) is 33.7 Å². The Kier molecular flexibility index (Phi) is 7.08. The smallest absolute Gasteiger partial charge is 0.253 e. The molecular formula is C25H29FN4O2. The first kappa shape index (κ1) is 23.2. The summed E-state index contributed by atoms with van der Waals surface area (Å²) in [5, 5.41) is 4.56. The molecule has 0 radical (unpaired) electrons. The van der Waals surface area contributed by atoms with Gasteiger partial charge in [-0.2, -0.15) is 5.10 Å². The van der Waals surface area contributed by atoms with Crippen molar-refractivity contribution < 1.29 is 14.0 Å². The molecule has 1 heterocycles. The molecule has 0 aliphatic heterocycles. The summed E-state index contributed by atoms with van der Waals surface area (Å²) in [7, 11) is 3.44. The van der Waals surface area contributed by atoms with Gasteiger partial charge in [-0.25, -0.2) is 9.07 Å². The normalized spacial score (nSPS) is 10.8. The molecule has 32 heavy (non-hydrogen) atoms. The number of amides is 2. The second-order valence-electron chi connectivity index (χ2n) is 8.02. The van der Waals surface area contributed by atoms with Crippen molar-refractivity contribution in [2.24, 2.45) is 0 Å². The Morgan fingerprint density at radius 3 is 2.19 bits per heavy atom. The number of carbonyl (C=O) groups excluding carboxylic acids is 2. The van der Waals surface area contributed by atoms with Crippen LogP contribution in [0.15, 0.2) is 48.5 Å². The summed E-state index contributed by atoms with van der Waals surface area (Å²) in [5.41, 5.74) is 4.86. The number of rotatable bonds is 7. The molecule has 0 spiro atoms. The molecule has 2 amide bonds. The quantitative estimate of drug-likeness (QED) is 0.564. The maximum atomic E-state index is 13.3. The van der Waals surface area contributed by atoms with Crippen LogP contribution in [0.5, 0.6) is 0 Å². The van der Waals surface area contributed by atoms with Crippen molar-refractivity contribution in [3.8, 4) is 5.69 Å². The van der Waals surface area contributed by atoms with Gasteiger partial charge in [0, 0.05) is 44.0 Å². The monoisotopic (exact) mass is 436 g/mol. The van der Waals surface area contributed by atoms with Crippen molar-refractivity contribution in [1.82, 2.24) is 19.6 Å². The van der Waals surface area contributed by atoms with E-state index in [2.05, 4.69) is 5.10 Å². The Morgan fingerprint density at radius 1 is 1.00 bits per heavy atom. The SMILES string of the molecule is CCN(Cc1ccc(C(=O)N(C)C)cc1)C(=O)Cc1c(C)nn(-c2ccc(F)cc2)c1C. The summed E-state index contributed by atoms with van der Waals surface area (Å²) in [4.78, 5) is 28.5. The summed E-state index contributed by atoms with van der Waals surface area (Å²) < 4.78 is 15.0. The maximum Gasteiger partial charge on any atom is 0.253 e. The van der Waals surface area contributed by atoms with Crippen LogP contribution >= 0.6 is 0 Å². The molecule has 3 aromatic rings. The molecule has 168 valence electrons. The molecule has 2 aromatic carbocycles. The molecule has 1 aromatic heterocycles. The highest BCUT2D eigenvalue weighted by molar-refractivity contribution is 5.93. The second-order valence-corrected chi connectivity index (χ2v) is 8.02. The number of hydrogen-bond acceptors (Lipinski definition) is 3. The molecule has 0 saturated heterocycles. The summed E-state index contributed by atoms with van der Waals surface area (Å²) in [6, 6.07) is 13.5. The molecule has 6 nitrogen and oxygen atoms in total. The number of benzene rings is 2. The minimum absolute atomic E-state index is 0.00537. The topological polar surface area (TPSA) is 58.4 Å². The van der Waals surface area contributed by atoms with E-state index in [4.69, 9.17) is 0 Å². The number of carbonyl (C=O) groups is 2. The van der Waals surface area contributed by atoms with Crippen LogP contribution in [0.2, 0.25) is 0 Å². The third-order valence-electron chi connectivity index (χ3n) is 5.56. The van der Waals surface area contributed by atoms with Crippen LogP contribution in [-0.2, 0) is 17.8 Å². The van der Waals surface area contributed by atoms with E-state index in [-0.39, 0.29) is 24.1 Å². The van der Waals surface area contributed by atoms with E-state index in [9.17, 15) is 14.0 Å². The number of nitrogens with zero attached hydrogens (tertiary/aromatic N) is 4. The Bertz CT molecular complexity index is 1100. The highest BCUT2D eigenvalue weighted by Crippen LogP contribution is 2.20. The van der Waals surface area contributed by atoms with Crippen LogP contribution in [0.1, 0.15) is 39.8 Å². The van der Waals surface area contributed by atoms with Crippen LogP contribution in [0.3, 0.4) is 0 Å². The largest absolute Gasteiger partial charge is 0.345 e. The predicted octanol–water partition coefficient (Wildman–Crippen LogP) is 3.92. The lowest BCUT2D eigenvalue weighted by Gasteiger charge is -2.21. The Hall–Kier alpha value is -3.48. The van der Waals surface area contributed by atoms with E-state index in [0.29, 0.717) is 18.7 Å².